The normalized spacial score (nSPS) is 12.6. The lowest BCUT2D eigenvalue weighted by Crippen LogP contribution is -2.50. The monoisotopic (exact) mass is 284 g/mol. The number of hydrogen-bond donors (Lipinski definition) is 2. The Kier molecular flexibility index (Phi) is 5.45. The Morgan fingerprint density at radius 3 is 2.16 bits per heavy atom. The van der Waals surface area contributed by atoms with Gasteiger partial charge in [-0.25, -0.2) is 0 Å². The summed E-state index contributed by atoms with van der Waals surface area (Å²) in [5, 5.41) is 20.6. The zero-order chi connectivity index (χ0) is 14.7. The number of benzene rings is 1. The first-order valence-corrected chi connectivity index (χ1v) is 6.82. The molecule has 3 nitrogen and oxygen atoms in total. The molecule has 106 valence electrons. The number of aliphatic hydroxyl groups is 1. The third kappa shape index (κ3) is 5.15. The van der Waals surface area contributed by atoms with E-state index in [0.29, 0.717) is 17.8 Å². The molecule has 0 atom stereocenters. The Labute approximate surface area is 120 Å². The fourth-order valence-corrected chi connectivity index (χ4v) is 1.61. The van der Waals surface area contributed by atoms with E-state index in [9.17, 15) is 10.1 Å². The molecule has 1 aromatic rings. The standard InChI is InChI=1S/C14H22BClO3/c1-13(2,17)14(3,4)19-15(18)10-9-11-5-7-12(16)8-6-11/h5-8,17-18H,9-10H2,1-4H3. The van der Waals surface area contributed by atoms with Crippen LogP contribution in [0.1, 0.15) is 33.3 Å². The highest BCUT2D eigenvalue weighted by atomic mass is 35.5. The number of halogens is 1. The van der Waals surface area contributed by atoms with Crippen LogP contribution in [-0.2, 0) is 11.1 Å². The van der Waals surface area contributed by atoms with E-state index in [-0.39, 0.29) is 0 Å². The van der Waals surface area contributed by atoms with E-state index in [0.717, 1.165) is 5.56 Å². The average Bonchev–Trinajstić information content (AvgIpc) is 2.26. The van der Waals surface area contributed by atoms with Gasteiger partial charge < -0.3 is 14.8 Å². The van der Waals surface area contributed by atoms with E-state index in [1.54, 1.807) is 27.7 Å². The largest absolute Gasteiger partial charge is 0.454 e. The zero-order valence-electron chi connectivity index (χ0n) is 12.0. The molecule has 1 aromatic carbocycles. The number of hydrogen-bond acceptors (Lipinski definition) is 3. The predicted molar refractivity (Wildman–Crippen MR) is 79.4 cm³/mol. The molecule has 0 amide bonds. The van der Waals surface area contributed by atoms with Crippen LogP contribution in [0, 0.1) is 0 Å². The topological polar surface area (TPSA) is 49.7 Å². The zero-order valence-corrected chi connectivity index (χ0v) is 12.7. The molecule has 0 radical (unpaired) electrons. The van der Waals surface area contributed by atoms with Crippen LogP contribution in [0.5, 0.6) is 0 Å². The maximum absolute atomic E-state index is 9.96. The Morgan fingerprint density at radius 2 is 1.68 bits per heavy atom. The van der Waals surface area contributed by atoms with Crippen LogP contribution in [0.25, 0.3) is 0 Å². The van der Waals surface area contributed by atoms with Crippen LogP contribution in [-0.4, -0.2) is 28.5 Å². The SMILES string of the molecule is CC(C)(O)C(C)(C)OB(O)CCc1ccc(Cl)cc1. The first-order valence-electron chi connectivity index (χ1n) is 6.44. The van der Waals surface area contributed by atoms with Gasteiger partial charge in [-0.3, -0.25) is 0 Å². The summed E-state index contributed by atoms with van der Waals surface area (Å²) < 4.78 is 5.53. The summed E-state index contributed by atoms with van der Waals surface area (Å²) in [6, 6.07) is 7.50. The maximum atomic E-state index is 9.96. The van der Waals surface area contributed by atoms with Gasteiger partial charge in [-0.15, -0.1) is 0 Å². The van der Waals surface area contributed by atoms with Gasteiger partial charge in [0.1, 0.15) is 0 Å². The number of aryl methyl sites for hydroxylation is 1. The molecular weight excluding hydrogens is 262 g/mol. The first-order chi connectivity index (χ1) is 8.62. The lowest BCUT2D eigenvalue weighted by molar-refractivity contribution is -0.0999. The minimum Gasteiger partial charge on any atom is -0.427 e. The van der Waals surface area contributed by atoms with Crippen LogP contribution in [0.2, 0.25) is 11.3 Å². The van der Waals surface area contributed by atoms with E-state index in [1.165, 1.54) is 0 Å². The molecule has 0 saturated heterocycles. The van der Waals surface area contributed by atoms with Crippen molar-refractivity contribution in [3.05, 3.63) is 34.9 Å². The van der Waals surface area contributed by atoms with Gasteiger partial charge >= 0.3 is 7.12 Å². The van der Waals surface area contributed by atoms with Crippen LogP contribution in [0.15, 0.2) is 24.3 Å². The molecule has 0 aliphatic heterocycles. The molecule has 5 heteroatoms. The van der Waals surface area contributed by atoms with Crippen molar-refractivity contribution in [3.8, 4) is 0 Å². The molecule has 0 spiro atoms. The van der Waals surface area contributed by atoms with Gasteiger partial charge in [-0.2, -0.15) is 0 Å². The number of rotatable bonds is 6. The summed E-state index contributed by atoms with van der Waals surface area (Å²) in [5.41, 5.74) is -0.742. The Morgan fingerprint density at radius 1 is 1.16 bits per heavy atom. The smallest absolute Gasteiger partial charge is 0.427 e. The fraction of sp³-hybridized carbons (Fsp3) is 0.571. The van der Waals surface area contributed by atoms with Gasteiger partial charge in [0.2, 0.25) is 0 Å². The summed E-state index contributed by atoms with van der Waals surface area (Å²) >= 11 is 5.81. The molecule has 2 N–H and O–H groups in total. The van der Waals surface area contributed by atoms with Crippen molar-refractivity contribution in [2.24, 2.45) is 0 Å². The highest BCUT2D eigenvalue weighted by Gasteiger charge is 2.38. The highest BCUT2D eigenvalue weighted by molar-refractivity contribution is 6.42. The van der Waals surface area contributed by atoms with Crippen molar-refractivity contribution in [2.75, 3.05) is 0 Å². The van der Waals surface area contributed by atoms with Crippen LogP contribution < -0.4 is 0 Å². The van der Waals surface area contributed by atoms with Crippen molar-refractivity contribution >= 4 is 18.7 Å². The predicted octanol–water partition coefficient (Wildman–Crippen LogP) is 2.93. The van der Waals surface area contributed by atoms with Crippen molar-refractivity contribution in [3.63, 3.8) is 0 Å². The molecule has 1 rings (SSSR count). The molecule has 0 aliphatic rings. The van der Waals surface area contributed by atoms with Gasteiger partial charge in [0.25, 0.3) is 0 Å². The van der Waals surface area contributed by atoms with E-state index in [1.807, 2.05) is 24.3 Å². The van der Waals surface area contributed by atoms with Gasteiger partial charge in [0.15, 0.2) is 0 Å². The van der Waals surface area contributed by atoms with Gasteiger partial charge in [0.05, 0.1) is 11.2 Å². The lowest BCUT2D eigenvalue weighted by Gasteiger charge is -2.38. The van der Waals surface area contributed by atoms with Crippen LogP contribution >= 0.6 is 11.6 Å². The van der Waals surface area contributed by atoms with Crippen molar-refractivity contribution in [1.29, 1.82) is 0 Å². The summed E-state index contributed by atoms with van der Waals surface area (Å²) in [7, 11) is -0.905. The Hall–Kier alpha value is -0.545. The molecule has 0 bridgehead atoms. The highest BCUT2D eigenvalue weighted by Crippen LogP contribution is 2.26. The van der Waals surface area contributed by atoms with Gasteiger partial charge in [-0.1, -0.05) is 23.7 Å². The van der Waals surface area contributed by atoms with Crippen molar-refractivity contribution in [1.82, 2.24) is 0 Å². The van der Waals surface area contributed by atoms with Crippen LogP contribution in [0.4, 0.5) is 0 Å². The van der Waals surface area contributed by atoms with E-state index >= 15 is 0 Å². The Balaban J connectivity index is 2.48. The van der Waals surface area contributed by atoms with Crippen molar-refractivity contribution in [2.45, 2.75) is 51.6 Å². The van der Waals surface area contributed by atoms with E-state index in [4.69, 9.17) is 16.3 Å². The minimum atomic E-state index is -1.02. The third-order valence-electron chi connectivity index (χ3n) is 3.50. The first kappa shape index (κ1) is 16.5. The van der Waals surface area contributed by atoms with Gasteiger partial charge in [-0.05, 0) is 58.1 Å². The second-order valence-electron chi connectivity index (χ2n) is 5.81. The quantitative estimate of drug-likeness (QED) is 0.790. The Bertz CT molecular complexity index is 398. The molecule has 0 aliphatic carbocycles. The summed E-state index contributed by atoms with van der Waals surface area (Å²) in [6.45, 7) is 6.86. The molecule has 0 unspecified atom stereocenters. The van der Waals surface area contributed by atoms with E-state index in [2.05, 4.69) is 0 Å². The fourth-order valence-electron chi connectivity index (χ4n) is 1.48. The summed E-state index contributed by atoms with van der Waals surface area (Å²) in [4.78, 5) is 0. The van der Waals surface area contributed by atoms with Crippen molar-refractivity contribution < 1.29 is 14.8 Å². The molecule has 0 fully saturated rings. The third-order valence-corrected chi connectivity index (χ3v) is 3.75. The second kappa shape index (κ2) is 6.27. The van der Waals surface area contributed by atoms with E-state index < -0.39 is 18.3 Å². The molecule has 0 aromatic heterocycles. The van der Waals surface area contributed by atoms with Gasteiger partial charge in [0, 0.05) is 5.02 Å². The minimum absolute atomic E-state index is 0.473. The molecule has 0 saturated carbocycles. The summed E-state index contributed by atoms with van der Waals surface area (Å²) in [6.07, 6.45) is 1.17. The average molecular weight is 285 g/mol. The molecular formula is C14H22BClO3. The summed E-state index contributed by atoms with van der Waals surface area (Å²) in [5.74, 6) is 0. The maximum Gasteiger partial charge on any atom is 0.454 e. The second-order valence-corrected chi connectivity index (χ2v) is 6.24. The van der Waals surface area contributed by atoms with Crippen LogP contribution in [0.3, 0.4) is 0 Å². The lowest BCUT2D eigenvalue weighted by atomic mass is 9.78. The molecule has 19 heavy (non-hydrogen) atoms. The molecule has 0 heterocycles.